The van der Waals surface area contributed by atoms with E-state index in [4.69, 9.17) is 0 Å². The molecule has 1 aromatic rings. The lowest BCUT2D eigenvalue weighted by atomic mass is 9.81. The monoisotopic (exact) mass is 232 g/mol. The van der Waals surface area contributed by atoms with Crippen LogP contribution in [0.1, 0.15) is 44.7 Å². The van der Waals surface area contributed by atoms with Gasteiger partial charge in [0.05, 0.1) is 0 Å². The van der Waals surface area contributed by atoms with Gasteiger partial charge in [-0.2, -0.15) is 0 Å². The fraction of sp³-hybridized carbons (Fsp3) is 0.667. The minimum absolute atomic E-state index is 0.934. The van der Waals surface area contributed by atoms with Gasteiger partial charge in [0, 0.05) is 12.2 Å². The molecular formula is C15H24N2. The smallest absolute Gasteiger partial charge is 0.126 e. The molecule has 0 aliphatic heterocycles. The van der Waals surface area contributed by atoms with Crippen molar-refractivity contribution in [2.75, 3.05) is 11.9 Å². The molecule has 1 saturated carbocycles. The van der Waals surface area contributed by atoms with Crippen LogP contribution in [0.4, 0.5) is 5.82 Å². The van der Waals surface area contributed by atoms with Crippen molar-refractivity contribution in [3.05, 3.63) is 23.9 Å². The lowest BCUT2D eigenvalue weighted by Gasteiger charge is -2.26. The van der Waals surface area contributed by atoms with Gasteiger partial charge in [-0.15, -0.1) is 0 Å². The van der Waals surface area contributed by atoms with E-state index >= 15 is 0 Å². The van der Waals surface area contributed by atoms with Crippen LogP contribution >= 0.6 is 0 Å². The summed E-state index contributed by atoms with van der Waals surface area (Å²) in [5, 5.41) is 3.43. The van der Waals surface area contributed by atoms with E-state index in [0.717, 1.165) is 29.9 Å². The normalized spacial score (nSPS) is 24.6. The van der Waals surface area contributed by atoms with E-state index in [2.05, 4.69) is 29.4 Å². The van der Waals surface area contributed by atoms with Gasteiger partial charge in [0.25, 0.3) is 0 Å². The molecule has 0 saturated heterocycles. The van der Waals surface area contributed by atoms with Gasteiger partial charge in [-0.05, 0) is 37.3 Å². The van der Waals surface area contributed by atoms with Crippen LogP contribution in [0.25, 0.3) is 0 Å². The molecule has 1 aromatic heterocycles. The molecule has 2 rings (SSSR count). The summed E-state index contributed by atoms with van der Waals surface area (Å²) in [7, 11) is 0. The van der Waals surface area contributed by atoms with Crippen LogP contribution < -0.4 is 5.32 Å². The third-order valence-corrected chi connectivity index (χ3v) is 3.88. The summed E-state index contributed by atoms with van der Waals surface area (Å²) in [6, 6.07) is 6.15. The molecule has 17 heavy (non-hydrogen) atoms. The van der Waals surface area contributed by atoms with Crippen LogP contribution in [0, 0.1) is 18.8 Å². The van der Waals surface area contributed by atoms with Crippen LogP contribution in [0.15, 0.2) is 18.2 Å². The highest BCUT2D eigenvalue weighted by molar-refractivity contribution is 5.34. The summed E-state index contributed by atoms with van der Waals surface area (Å²) >= 11 is 0. The number of pyridine rings is 1. The maximum atomic E-state index is 4.46. The molecule has 0 unspecified atom stereocenters. The van der Waals surface area contributed by atoms with E-state index in [1.165, 1.54) is 32.1 Å². The van der Waals surface area contributed by atoms with Crippen LogP contribution in [0.5, 0.6) is 0 Å². The van der Waals surface area contributed by atoms with Gasteiger partial charge in [0.2, 0.25) is 0 Å². The van der Waals surface area contributed by atoms with Gasteiger partial charge in [0.1, 0.15) is 5.82 Å². The molecule has 1 N–H and O–H groups in total. The van der Waals surface area contributed by atoms with E-state index < -0.39 is 0 Å². The Balaban J connectivity index is 1.69. The topological polar surface area (TPSA) is 24.9 Å². The summed E-state index contributed by atoms with van der Waals surface area (Å²) in [4.78, 5) is 4.46. The van der Waals surface area contributed by atoms with E-state index in [1.807, 2.05) is 13.0 Å². The molecule has 0 spiro atoms. The Morgan fingerprint density at radius 2 is 2.00 bits per heavy atom. The van der Waals surface area contributed by atoms with Crippen LogP contribution in [0.3, 0.4) is 0 Å². The lowest BCUT2D eigenvalue weighted by molar-refractivity contribution is 0.282. The summed E-state index contributed by atoms with van der Waals surface area (Å²) in [5.74, 6) is 2.91. The minimum atomic E-state index is 0.934. The zero-order valence-electron chi connectivity index (χ0n) is 11.1. The molecule has 0 aromatic carbocycles. The quantitative estimate of drug-likeness (QED) is 0.848. The van der Waals surface area contributed by atoms with Gasteiger partial charge < -0.3 is 5.32 Å². The Hall–Kier alpha value is -1.05. The van der Waals surface area contributed by atoms with Crippen molar-refractivity contribution in [1.82, 2.24) is 4.98 Å². The van der Waals surface area contributed by atoms with Crippen molar-refractivity contribution < 1.29 is 0 Å². The number of nitrogens with zero attached hydrogens (tertiary/aromatic N) is 1. The molecule has 1 heterocycles. The van der Waals surface area contributed by atoms with Gasteiger partial charge in [-0.1, -0.05) is 38.7 Å². The maximum absolute atomic E-state index is 4.46. The predicted octanol–water partition coefficient (Wildman–Crippen LogP) is 4.02. The molecule has 1 aliphatic carbocycles. The van der Waals surface area contributed by atoms with E-state index in [9.17, 15) is 0 Å². The molecule has 2 nitrogen and oxygen atoms in total. The number of nitrogens with one attached hydrogen (secondary N) is 1. The molecule has 94 valence electrons. The van der Waals surface area contributed by atoms with Gasteiger partial charge in [-0.25, -0.2) is 4.98 Å². The van der Waals surface area contributed by atoms with E-state index in [-0.39, 0.29) is 0 Å². The number of hydrogen-bond acceptors (Lipinski definition) is 2. The Kier molecular flexibility index (Phi) is 4.41. The Morgan fingerprint density at radius 3 is 2.71 bits per heavy atom. The summed E-state index contributed by atoms with van der Waals surface area (Å²) in [5.41, 5.74) is 1.08. The fourth-order valence-electron chi connectivity index (χ4n) is 2.66. The molecule has 0 radical (unpaired) electrons. The number of aromatic nitrogens is 1. The van der Waals surface area contributed by atoms with Crippen molar-refractivity contribution >= 4 is 5.82 Å². The number of anilines is 1. The SMILES string of the molecule is Cc1cccc(NCCC2CCC(C)CC2)n1. The van der Waals surface area contributed by atoms with Crippen molar-refractivity contribution in [2.45, 2.75) is 46.0 Å². The number of hydrogen-bond donors (Lipinski definition) is 1. The Morgan fingerprint density at radius 1 is 1.24 bits per heavy atom. The first kappa shape index (κ1) is 12.4. The molecule has 1 aliphatic rings. The highest BCUT2D eigenvalue weighted by Gasteiger charge is 2.17. The van der Waals surface area contributed by atoms with Gasteiger partial charge in [0.15, 0.2) is 0 Å². The number of aryl methyl sites for hydroxylation is 1. The zero-order chi connectivity index (χ0) is 12.1. The van der Waals surface area contributed by atoms with Crippen molar-refractivity contribution in [3.8, 4) is 0 Å². The first-order valence-corrected chi connectivity index (χ1v) is 6.91. The van der Waals surface area contributed by atoms with Crippen LogP contribution in [0.2, 0.25) is 0 Å². The predicted molar refractivity (Wildman–Crippen MR) is 73.2 cm³/mol. The minimum Gasteiger partial charge on any atom is -0.370 e. The van der Waals surface area contributed by atoms with Gasteiger partial charge in [-0.3, -0.25) is 0 Å². The third kappa shape index (κ3) is 4.03. The average molecular weight is 232 g/mol. The van der Waals surface area contributed by atoms with E-state index in [0.29, 0.717) is 0 Å². The Bertz CT molecular complexity index is 341. The molecule has 0 bridgehead atoms. The van der Waals surface area contributed by atoms with Crippen molar-refractivity contribution in [3.63, 3.8) is 0 Å². The average Bonchev–Trinajstić information content (AvgIpc) is 2.32. The highest BCUT2D eigenvalue weighted by atomic mass is 15.0. The first-order chi connectivity index (χ1) is 8.24. The second-order valence-electron chi connectivity index (χ2n) is 5.51. The zero-order valence-corrected chi connectivity index (χ0v) is 11.1. The fourth-order valence-corrected chi connectivity index (χ4v) is 2.66. The summed E-state index contributed by atoms with van der Waals surface area (Å²) < 4.78 is 0. The first-order valence-electron chi connectivity index (χ1n) is 6.91. The Labute approximate surface area is 105 Å². The number of rotatable bonds is 4. The maximum Gasteiger partial charge on any atom is 0.126 e. The van der Waals surface area contributed by atoms with Crippen LogP contribution in [-0.4, -0.2) is 11.5 Å². The third-order valence-electron chi connectivity index (χ3n) is 3.88. The molecule has 0 amide bonds. The molecule has 2 heteroatoms. The summed E-state index contributed by atoms with van der Waals surface area (Å²) in [6.45, 7) is 5.48. The molecule has 1 fully saturated rings. The molecular weight excluding hydrogens is 208 g/mol. The molecule has 0 atom stereocenters. The second-order valence-corrected chi connectivity index (χ2v) is 5.51. The highest BCUT2D eigenvalue weighted by Crippen LogP contribution is 2.30. The second kappa shape index (κ2) is 6.04. The van der Waals surface area contributed by atoms with Crippen molar-refractivity contribution in [1.29, 1.82) is 0 Å². The standard InChI is InChI=1S/C15H24N2/c1-12-6-8-14(9-7-12)10-11-16-15-5-3-4-13(2)17-15/h3-5,12,14H,6-11H2,1-2H3,(H,16,17). The largest absolute Gasteiger partial charge is 0.370 e. The van der Waals surface area contributed by atoms with Gasteiger partial charge >= 0.3 is 0 Å². The van der Waals surface area contributed by atoms with E-state index in [1.54, 1.807) is 0 Å². The van der Waals surface area contributed by atoms with Crippen molar-refractivity contribution in [2.24, 2.45) is 11.8 Å². The summed E-state index contributed by atoms with van der Waals surface area (Å²) in [6.07, 6.45) is 6.98. The lowest BCUT2D eigenvalue weighted by Crippen LogP contribution is -2.16. The van der Waals surface area contributed by atoms with Crippen LogP contribution in [-0.2, 0) is 0 Å².